The molecule has 0 amide bonds. The Bertz CT molecular complexity index is 535. The summed E-state index contributed by atoms with van der Waals surface area (Å²) >= 11 is 3.39. The molecule has 0 aromatic heterocycles. The Morgan fingerprint density at radius 3 is 2.50 bits per heavy atom. The van der Waals surface area contributed by atoms with Gasteiger partial charge >= 0.3 is 0 Å². The largest absolute Gasteiger partial charge is 0.496 e. The zero-order valence-electron chi connectivity index (χ0n) is 12.6. The van der Waals surface area contributed by atoms with Gasteiger partial charge in [-0.15, -0.1) is 0 Å². The van der Waals surface area contributed by atoms with E-state index in [0.717, 1.165) is 10.9 Å². The van der Waals surface area contributed by atoms with E-state index in [0.29, 0.717) is 11.3 Å². The van der Waals surface area contributed by atoms with Crippen molar-refractivity contribution in [3.05, 3.63) is 28.2 Å². The van der Waals surface area contributed by atoms with Crippen molar-refractivity contribution < 1.29 is 14.3 Å². The highest BCUT2D eigenvalue weighted by Gasteiger charge is 2.49. The second-order valence-electron chi connectivity index (χ2n) is 6.43. The van der Waals surface area contributed by atoms with Crippen molar-refractivity contribution in [2.45, 2.75) is 45.3 Å². The van der Waals surface area contributed by atoms with Gasteiger partial charge in [0.1, 0.15) is 5.75 Å². The summed E-state index contributed by atoms with van der Waals surface area (Å²) in [6.07, 6.45) is 0.720. The topological polar surface area (TPSA) is 35.5 Å². The second-order valence-corrected chi connectivity index (χ2v) is 7.35. The molecular formula is C16H21BrO3. The lowest BCUT2D eigenvalue weighted by atomic mass is 9.81. The molecule has 0 saturated carbocycles. The van der Waals surface area contributed by atoms with E-state index in [9.17, 15) is 4.79 Å². The molecule has 1 atom stereocenters. The minimum absolute atomic E-state index is 0.0879. The van der Waals surface area contributed by atoms with Gasteiger partial charge in [-0.3, -0.25) is 4.79 Å². The maximum absolute atomic E-state index is 12.9. The molecule has 4 heteroatoms. The minimum Gasteiger partial charge on any atom is -0.496 e. The van der Waals surface area contributed by atoms with Crippen molar-refractivity contribution in [1.82, 2.24) is 0 Å². The Morgan fingerprint density at radius 2 is 2.00 bits per heavy atom. The number of hydrogen-bond donors (Lipinski definition) is 0. The number of methoxy groups -OCH3 is 1. The molecule has 0 spiro atoms. The molecule has 1 unspecified atom stereocenters. The first-order valence-corrected chi connectivity index (χ1v) is 7.53. The van der Waals surface area contributed by atoms with Crippen molar-refractivity contribution >= 4 is 21.7 Å². The summed E-state index contributed by atoms with van der Waals surface area (Å²) < 4.78 is 12.2. The highest BCUT2D eigenvalue weighted by Crippen LogP contribution is 2.44. The van der Waals surface area contributed by atoms with Crippen LogP contribution in [0.1, 0.15) is 44.5 Å². The van der Waals surface area contributed by atoms with Gasteiger partial charge in [0.2, 0.25) is 0 Å². The molecule has 1 saturated heterocycles. The SMILES string of the molecule is COc1cc(Br)ccc1C(=O)C1CC(C)(C)OC1(C)C. The standard InChI is InChI=1S/C16H21BrO3/c1-15(2)9-12(16(3,4)20-15)14(18)11-7-6-10(17)8-13(11)19-5/h6-8,12H,9H2,1-5H3. The van der Waals surface area contributed by atoms with Crippen LogP contribution in [-0.2, 0) is 4.74 Å². The van der Waals surface area contributed by atoms with Crippen LogP contribution in [0.15, 0.2) is 22.7 Å². The van der Waals surface area contributed by atoms with E-state index in [1.165, 1.54) is 0 Å². The van der Waals surface area contributed by atoms with E-state index in [1.807, 2.05) is 45.9 Å². The van der Waals surface area contributed by atoms with Crippen LogP contribution in [0.25, 0.3) is 0 Å². The summed E-state index contributed by atoms with van der Waals surface area (Å²) in [6.45, 7) is 8.02. The number of halogens is 1. The van der Waals surface area contributed by atoms with Crippen molar-refractivity contribution in [2.24, 2.45) is 5.92 Å². The van der Waals surface area contributed by atoms with Crippen LogP contribution in [-0.4, -0.2) is 24.1 Å². The maximum atomic E-state index is 12.9. The van der Waals surface area contributed by atoms with Crippen molar-refractivity contribution in [1.29, 1.82) is 0 Å². The number of rotatable bonds is 3. The van der Waals surface area contributed by atoms with Crippen LogP contribution in [0.3, 0.4) is 0 Å². The molecule has 1 fully saturated rings. The monoisotopic (exact) mass is 340 g/mol. The lowest BCUT2D eigenvalue weighted by molar-refractivity contribution is -0.0712. The van der Waals surface area contributed by atoms with Gasteiger partial charge in [-0.2, -0.15) is 0 Å². The van der Waals surface area contributed by atoms with Crippen LogP contribution >= 0.6 is 15.9 Å². The van der Waals surface area contributed by atoms with E-state index in [4.69, 9.17) is 9.47 Å². The lowest BCUT2D eigenvalue weighted by Gasteiger charge is -2.26. The van der Waals surface area contributed by atoms with Crippen molar-refractivity contribution in [3.8, 4) is 5.75 Å². The first-order valence-electron chi connectivity index (χ1n) is 6.74. The second kappa shape index (κ2) is 5.15. The fourth-order valence-corrected chi connectivity index (χ4v) is 3.37. The molecule has 1 aromatic rings. The first-order chi connectivity index (χ1) is 9.16. The van der Waals surface area contributed by atoms with E-state index in [1.54, 1.807) is 7.11 Å². The van der Waals surface area contributed by atoms with E-state index < -0.39 is 5.60 Å². The van der Waals surface area contributed by atoms with Crippen molar-refractivity contribution in [3.63, 3.8) is 0 Å². The third-order valence-corrected chi connectivity index (χ3v) is 4.31. The molecule has 110 valence electrons. The number of benzene rings is 1. The van der Waals surface area contributed by atoms with Gasteiger partial charge in [0, 0.05) is 4.47 Å². The van der Waals surface area contributed by atoms with Crippen LogP contribution < -0.4 is 4.74 Å². The van der Waals surface area contributed by atoms with Gasteiger partial charge in [-0.05, 0) is 52.3 Å². The summed E-state index contributed by atoms with van der Waals surface area (Å²) in [4.78, 5) is 12.9. The van der Waals surface area contributed by atoms with E-state index >= 15 is 0 Å². The third kappa shape index (κ3) is 2.91. The van der Waals surface area contributed by atoms with E-state index in [-0.39, 0.29) is 17.3 Å². The Balaban J connectivity index is 2.37. The van der Waals surface area contributed by atoms with Gasteiger partial charge in [-0.25, -0.2) is 0 Å². The van der Waals surface area contributed by atoms with Gasteiger partial charge in [0.05, 0.1) is 29.8 Å². The summed E-state index contributed by atoms with van der Waals surface area (Å²) in [5.41, 5.74) is -0.111. The Kier molecular flexibility index (Phi) is 4.00. The normalized spacial score (nSPS) is 23.6. The van der Waals surface area contributed by atoms with Crippen LogP contribution in [0.2, 0.25) is 0 Å². The Morgan fingerprint density at radius 1 is 1.35 bits per heavy atom. The van der Waals surface area contributed by atoms with Crippen molar-refractivity contribution in [2.75, 3.05) is 7.11 Å². The number of ketones is 1. The first kappa shape index (κ1) is 15.5. The average molecular weight is 341 g/mol. The Labute approximate surface area is 128 Å². The molecule has 0 aliphatic carbocycles. The summed E-state index contributed by atoms with van der Waals surface area (Å²) in [6, 6.07) is 5.50. The predicted octanol–water partition coefficient (Wildman–Crippen LogP) is 4.23. The zero-order valence-corrected chi connectivity index (χ0v) is 14.2. The number of carbonyl (C=O) groups excluding carboxylic acids is 1. The third-order valence-electron chi connectivity index (χ3n) is 3.82. The average Bonchev–Trinajstić information content (AvgIpc) is 2.56. The number of hydrogen-bond acceptors (Lipinski definition) is 3. The molecule has 20 heavy (non-hydrogen) atoms. The lowest BCUT2D eigenvalue weighted by Crippen LogP contribution is -2.34. The molecule has 3 nitrogen and oxygen atoms in total. The highest BCUT2D eigenvalue weighted by atomic mass is 79.9. The molecule has 1 aromatic carbocycles. The predicted molar refractivity (Wildman–Crippen MR) is 82.4 cm³/mol. The smallest absolute Gasteiger partial charge is 0.172 e. The summed E-state index contributed by atoms with van der Waals surface area (Å²) in [5.74, 6) is 0.530. The minimum atomic E-state index is -0.460. The fraction of sp³-hybridized carbons (Fsp3) is 0.562. The quantitative estimate of drug-likeness (QED) is 0.772. The number of carbonyl (C=O) groups is 1. The molecule has 1 aliphatic rings. The van der Waals surface area contributed by atoms with Gasteiger partial charge < -0.3 is 9.47 Å². The van der Waals surface area contributed by atoms with Gasteiger partial charge in [0.15, 0.2) is 5.78 Å². The maximum Gasteiger partial charge on any atom is 0.172 e. The fourth-order valence-electron chi connectivity index (χ4n) is 3.03. The molecule has 1 aliphatic heterocycles. The Hall–Kier alpha value is -0.870. The molecule has 0 N–H and O–H groups in total. The number of Topliss-reactive ketones (excluding diaryl/α,β-unsaturated/α-hetero) is 1. The molecular weight excluding hydrogens is 320 g/mol. The molecule has 2 rings (SSSR count). The molecule has 0 radical (unpaired) electrons. The highest BCUT2D eigenvalue weighted by molar-refractivity contribution is 9.10. The van der Waals surface area contributed by atoms with Gasteiger partial charge in [-0.1, -0.05) is 15.9 Å². The van der Waals surface area contributed by atoms with Crippen LogP contribution in [0.4, 0.5) is 0 Å². The van der Waals surface area contributed by atoms with Crippen LogP contribution in [0.5, 0.6) is 5.75 Å². The summed E-state index contributed by atoms with van der Waals surface area (Å²) in [5, 5.41) is 0. The number of ether oxygens (including phenoxy) is 2. The van der Waals surface area contributed by atoms with E-state index in [2.05, 4.69) is 15.9 Å². The summed E-state index contributed by atoms with van der Waals surface area (Å²) in [7, 11) is 1.58. The molecule has 1 heterocycles. The van der Waals surface area contributed by atoms with Gasteiger partial charge in [0.25, 0.3) is 0 Å². The molecule has 0 bridgehead atoms. The zero-order chi connectivity index (χ0) is 15.1. The van der Waals surface area contributed by atoms with Crippen LogP contribution in [0, 0.1) is 5.92 Å².